The summed E-state index contributed by atoms with van der Waals surface area (Å²) in [4.78, 5) is 15.0. The van der Waals surface area contributed by atoms with Crippen LogP contribution in [0.1, 0.15) is 17.3 Å². The van der Waals surface area contributed by atoms with Crippen molar-refractivity contribution in [2.24, 2.45) is 0 Å². The zero-order valence-corrected chi connectivity index (χ0v) is 18.0. The van der Waals surface area contributed by atoms with Crippen LogP contribution >= 0.6 is 11.6 Å². The van der Waals surface area contributed by atoms with Gasteiger partial charge in [-0.15, -0.1) is 0 Å². The van der Waals surface area contributed by atoms with Crippen LogP contribution < -0.4 is 14.8 Å². The van der Waals surface area contributed by atoms with E-state index in [0.717, 1.165) is 19.6 Å². The van der Waals surface area contributed by atoms with Gasteiger partial charge in [-0.05, 0) is 42.9 Å². The Morgan fingerprint density at radius 3 is 2.47 bits per heavy atom. The van der Waals surface area contributed by atoms with Gasteiger partial charge in [0.15, 0.2) is 11.5 Å². The van der Waals surface area contributed by atoms with Gasteiger partial charge in [0, 0.05) is 37.4 Å². The highest BCUT2D eigenvalue weighted by Crippen LogP contribution is 2.39. The van der Waals surface area contributed by atoms with Gasteiger partial charge in [-0.3, -0.25) is 4.79 Å². The first-order chi connectivity index (χ1) is 14.4. The molecule has 2 aromatic rings. The van der Waals surface area contributed by atoms with E-state index in [-0.39, 0.29) is 17.6 Å². The molecule has 10 heteroatoms. The fourth-order valence-electron chi connectivity index (χ4n) is 3.45. The highest BCUT2D eigenvalue weighted by Gasteiger charge is 2.28. The Kier molecular flexibility index (Phi) is 5.88. The van der Waals surface area contributed by atoms with Crippen LogP contribution in [-0.4, -0.2) is 63.0 Å². The summed E-state index contributed by atoms with van der Waals surface area (Å²) in [5.74, 6) is 0.446. The monoisotopic (exact) mass is 451 g/mol. The third kappa shape index (κ3) is 4.11. The van der Waals surface area contributed by atoms with Crippen LogP contribution in [0.3, 0.4) is 0 Å². The maximum Gasteiger partial charge on any atom is 0.255 e. The van der Waals surface area contributed by atoms with Crippen LogP contribution in [0.5, 0.6) is 11.5 Å². The molecule has 0 unspecified atom stereocenters. The molecule has 0 spiro atoms. The van der Waals surface area contributed by atoms with E-state index >= 15 is 0 Å². The van der Waals surface area contributed by atoms with Gasteiger partial charge in [0.1, 0.15) is 0 Å². The summed E-state index contributed by atoms with van der Waals surface area (Å²) in [5, 5.41) is 3.03. The molecule has 4 rings (SSSR count). The van der Waals surface area contributed by atoms with Crippen LogP contribution in [0, 0.1) is 0 Å². The van der Waals surface area contributed by atoms with Crippen molar-refractivity contribution < 1.29 is 22.7 Å². The SMILES string of the molecule is CCN1CCN(S(=O)(=O)c2ccc(NC(=O)c3cc(Cl)c4c(c3)OCO4)cc2)CC1. The minimum Gasteiger partial charge on any atom is -0.454 e. The van der Waals surface area contributed by atoms with E-state index < -0.39 is 10.0 Å². The van der Waals surface area contributed by atoms with Gasteiger partial charge < -0.3 is 19.7 Å². The summed E-state index contributed by atoms with van der Waals surface area (Å²) in [6, 6.07) is 9.20. The molecular formula is C20H22ClN3O5S. The number of benzene rings is 2. The fraction of sp³-hybridized carbons (Fsp3) is 0.350. The molecule has 30 heavy (non-hydrogen) atoms. The van der Waals surface area contributed by atoms with Crippen LogP contribution in [0.15, 0.2) is 41.3 Å². The number of nitrogens with one attached hydrogen (secondary N) is 1. The predicted molar refractivity (Wildman–Crippen MR) is 113 cm³/mol. The van der Waals surface area contributed by atoms with Gasteiger partial charge >= 0.3 is 0 Å². The number of anilines is 1. The zero-order chi connectivity index (χ0) is 21.3. The normalized spacial score (nSPS) is 17.1. The lowest BCUT2D eigenvalue weighted by atomic mass is 10.2. The van der Waals surface area contributed by atoms with Crippen molar-refractivity contribution in [1.29, 1.82) is 0 Å². The number of hydrogen-bond donors (Lipinski definition) is 1. The number of fused-ring (bicyclic) bond motifs is 1. The second-order valence-electron chi connectivity index (χ2n) is 7.01. The highest BCUT2D eigenvalue weighted by molar-refractivity contribution is 7.89. The van der Waals surface area contributed by atoms with Crippen LogP contribution in [-0.2, 0) is 10.0 Å². The van der Waals surface area contributed by atoms with Gasteiger partial charge in [-0.25, -0.2) is 8.42 Å². The Balaban J connectivity index is 1.45. The van der Waals surface area contributed by atoms with Gasteiger partial charge in [0.2, 0.25) is 16.8 Å². The van der Waals surface area contributed by atoms with E-state index in [9.17, 15) is 13.2 Å². The molecule has 2 aliphatic heterocycles. The third-order valence-corrected chi connectivity index (χ3v) is 7.41. The lowest BCUT2D eigenvalue weighted by Crippen LogP contribution is -2.48. The molecule has 0 aliphatic carbocycles. The van der Waals surface area contributed by atoms with Crippen molar-refractivity contribution in [3.05, 3.63) is 47.0 Å². The Morgan fingerprint density at radius 2 is 1.80 bits per heavy atom. The molecule has 0 aromatic heterocycles. The third-order valence-electron chi connectivity index (χ3n) is 5.22. The van der Waals surface area contributed by atoms with Crippen molar-refractivity contribution in [3.8, 4) is 11.5 Å². The average Bonchev–Trinajstić information content (AvgIpc) is 3.23. The maximum atomic E-state index is 12.9. The number of ether oxygens (including phenoxy) is 2. The van der Waals surface area contributed by atoms with E-state index in [4.69, 9.17) is 21.1 Å². The number of amides is 1. The molecule has 2 heterocycles. The number of hydrogen-bond acceptors (Lipinski definition) is 6. The largest absolute Gasteiger partial charge is 0.454 e. The topological polar surface area (TPSA) is 88.2 Å². The Hall–Kier alpha value is -2.33. The molecule has 2 aromatic carbocycles. The molecule has 1 fully saturated rings. The van der Waals surface area contributed by atoms with E-state index in [1.807, 2.05) is 0 Å². The summed E-state index contributed by atoms with van der Waals surface area (Å²) in [5.41, 5.74) is 0.790. The minimum atomic E-state index is -3.56. The summed E-state index contributed by atoms with van der Waals surface area (Å²) >= 11 is 6.13. The number of likely N-dealkylation sites (N-methyl/N-ethyl adjacent to an activating group) is 1. The quantitative estimate of drug-likeness (QED) is 0.751. The summed E-state index contributed by atoms with van der Waals surface area (Å²) < 4.78 is 37.8. The van der Waals surface area contributed by atoms with E-state index in [1.165, 1.54) is 22.5 Å². The molecule has 1 saturated heterocycles. The number of carbonyl (C=O) groups is 1. The second kappa shape index (κ2) is 8.43. The van der Waals surface area contributed by atoms with Crippen LogP contribution in [0.25, 0.3) is 0 Å². The highest BCUT2D eigenvalue weighted by atomic mass is 35.5. The molecule has 1 N–H and O–H groups in total. The Bertz CT molecular complexity index is 1050. The first-order valence-corrected chi connectivity index (χ1v) is 11.4. The molecule has 0 atom stereocenters. The average molecular weight is 452 g/mol. The summed E-state index contributed by atoms with van der Waals surface area (Å²) in [6.45, 7) is 5.43. The van der Waals surface area contributed by atoms with Gasteiger partial charge in [-0.2, -0.15) is 4.31 Å². The summed E-state index contributed by atoms with van der Waals surface area (Å²) in [6.07, 6.45) is 0. The van der Waals surface area contributed by atoms with Crippen molar-refractivity contribution in [2.75, 3.05) is 44.8 Å². The lowest BCUT2D eigenvalue weighted by molar-refractivity contribution is 0.102. The van der Waals surface area contributed by atoms with Gasteiger partial charge in [-0.1, -0.05) is 18.5 Å². The minimum absolute atomic E-state index is 0.0591. The standard InChI is InChI=1S/C20H22ClN3O5S/c1-2-23-7-9-24(10-8-23)30(26,27)16-5-3-15(4-6-16)22-20(25)14-11-17(21)19-18(12-14)28-13-29-19/h3-6,11-12H,2,7-10,13H2,1H3,(H,22,25). The van der Waals surface area contributed by atoms with Crippen molar-refractivity contribution in [3.63, 3.8) is 0 Å². The molecule has 0 bridgehead atoms. The number of nitrogens with zero attached hydrogens (tertiary/aromatic N) is 2. The molecule has 160 valence electrons. The number of piperazine rings is 1. The Labute approximate surface area is 180 Å². The van der Waals surface area contributed by atoms with E-state index in [2.05, 4.69) is 17.1 Å². The number of carbonyl (C=O) groups excluding carboxylic acids is 1. The van der Waals surface area contributed by atoms with E-state index in [1.54, 1.807) is 18.2 Å². The zero-order valence-electron chi connectivity index (χ0n) is 16.4. The smallest absolute Gasteiger partial charge is 0.255 e. The summed E-state index contributed by atoms with van der Waals surface area (Å²) in [7, 11) is -3.56. The van der Waals surface area contributed by atoms with Gasteiger partial charge in [0.25, 0.3) is 5.91 Å². The predicted octanol–water partition coefficient (Wildman–Crippen LogP) is 2.65. The first kappa shape index (κ1) is 20.9. The maximum absolute atomic E-state index is 12.9. The number of halogens is 1. The Morgan fingerprint density at radius 1 is 1.10 bits per heavy atom. The molecule has 0 saturated carbocycles. The molecule has 8 nitrogen and oxygen atoms in total. The lowest BCUT2D eigenvalue weighted by Gasteiger charge is -2.33. The van der Waals surface area contributed by atoms with E-state index in [0.29, 0.717) is 40.9 Å². The molecule has 0 radical (unpaired) electrons. The fourth-order valence-corrected chi connectivity index (χ4v) is 5.13. The number of rotatable bonds is 5. The van der Waals surface area contributed by atoms with Gasteiger partial charge in [0.05, 0.1) is 9.92 Å². The van der Waals surface area contributed by atoms with Crippen molar-refractivity contribution >= 4 is 33.2 Å². The van der Waals surface area contributed by atoms with Crippen molar-refractivity contribution in [1.82, 2.24) is 9.21 Å². The first-order valence-electron chi connectivity index (χ1n) is 9.61. The molecule has 2 aliphatic rings. The number of sulfonamides is 1. The second-order valence-corrected chi connectivity index (χ2v) is 9.35. The van der Waals surface area contributed by atoms with Crippen LogP contribution in [0.2, 0.25) is 5.02 Å². The van der Waals surface area contributed by atoms with Crippen molar-refractivity contribution in [2.45, 2.75) is 11.8 Å². The van der Waals surface area contributed by atoms with Crippen LogP contribution in [0.4, 0.5) is 5.69 Å². The molecule has 1 amide bonds. The molecular weight excluding hydrogens is 430 g/mol.